The van der Waals surface area contributed by atoms with Gasteiger partial charge in [0, 0.05) is 42.1 Å². The number of likely N-dealkylation sites (tertiary alicyclic amines) is 1. The van der Waals surface area contributed by atoms with Crippen LogP contribution in [0.5, 0.6) is 0 Å². The number of piperidine rings is 1. The first-order valence-electron chi connectivity index (χ1n) is 14.8. The number of carbonyl (C=O) groups excluding carboxylic acids is 1. The minimum Gasteiger partial charge on any atom is -0.380 e. The number of rotatable bonds is 4. The Labute approximate surface area is 256 Å². The Morgan fingerprint density at radius 2 is 1.83 bits per heavy atom. The molecule has 2 amide bonds. The molecule has 6 rings (SSSR count). The van der Waals surface area contributed by atoms with Crippen molar-refractivity contribution in [3.05, 3.63) is 59.4 Å². The zero-order chi connectivity index (χ0) is 27.2. The van der Waals surface area contributed by atoms with Crippen LogP contribution in [0.2, 0.25) is 0 Å². The van der Waals surface area contributed by atoms with E-state index in [1.54, 1.807) is 11.0 Å². The summed E-state index contributed by atoms with van der Waals surface area (Å²) in [4.78, 5) is 22.4. The van der Waals surface area contributed by atoms with Crippen LogP contribution < -0.4 is 15.5 Å². The average Bonchev–Trinajstić information content (AvgIpc) is 3.16. The number of amidine groups is 1. The van der Waals surface area contributed by atoms with Gasteiger partial charge in [-0.2, -0.15) is 4.99 Å². The third-order valence-corrected chi connectivity index (χ3v) is 9.44. The molecule has 2 aromatic rings. The fourth-order valence-electron chi connectivity index (χ4n) is 7.26. The van der Waals surface area contributed by atoms with Gasteiger partial charge >= 0.3 is 6.03 Å². The van der Waals surface area contributed by atoms with Crippen LogP contribution in [0.25, 0.3) is 0 Å². The molecule has 9 heteroatoms. The monoisotopic (exact) mass is 603 g/mol. The molecule has 1 saturated carbocycles. The molecule has 0 bridgehead atoms. The van der Waals surface area contributed by atoms with Crippen molar-refractivity contribution in [1.29, 1.82) is 0 Å². The highest BCUT2D eigenvalue weighted by atomic mass is 35.5. The molecule has 1 saturated heterocycles. The lowest BCUT2D eigenvalue weighted by molar-refractivity contribution is 0.122. The van der Waals surface area contributed by atoms with Gasteiger partial charge in [-0.1, -0.05) is 43.5 Å². The van der Waals surface area contributed by atoms with E-state index in [-0.39, 0.29) is 48.2 Å². The van der Waals surface area contributed by atoms with Crippen LogP contribution in [0.3, 0.4) is 0 Å². The molecule has 4 aliphatic rings. The lowest BCUT2D eigenvalue weighted by Gasteiger charge is -2.49. The SMILES string of the molecule is C[C@H]1C[C@]2(CCN1Cc1cccc3c1NC(C)(C)CC3)C(NC1CCCCC1)=NC(=O)N2c1cccc(F)c1.Cl.Cl. The first kappa shape index (κ1) is 31.6. The molecule has 0 radical (unpaired) electrons. The van der Waals surface area contributed by atoms with Gasteiger partial charge < -0.3 is 10.6 Å². The van der Waals surface area contributed by atoms with Crippen LogP contribution in [0.1, 0.15) is 83.3 Å². The second-order valence-electron chi connectivity index (χ2n) is 12.8. The van der Waals surface area contributed by atoms with Crippen molar-refractivity contribution in [2.45, 2.75) is 108 Å². The topological polar surface area (TPSA) is 60.0 Å². The van der Waals surface area contributed by atoms with Gasteiger partial charge in [0.2, 0.25) is 0 Å². The van der Waals surface area contributed by atoms with Gasteiger partial charge in [-0.15, -0.1) is 24.8 Å². The summed E-state index contributed by atoms with van der Waals surface area (Å²) in [7, 11) is 0. The van der Waals surface area contributed by atoms with Crippen LogP contribution >= 0.6 is 24.8 Å². The Balaban J connectivity index is 0.00000194. The molecule has 2 aromatic carbocycles. The van der Waals surface area contributed by atoms with E-state index in [0.717, 1.165) is 57.5 Å². The van der Waals surface area contributed by atoms with Crippen LogP contribution in [0.4, 0.5) is 20.6 Å². The van der Waals surface area contributed by atoms with Crippen LogP contribution in [-0.2, 0) is 13.0 Å². The average molecular weight is 605 g/mol. The van der Waals surface area contributed by atoms with E-state index in [0.29, 0.717) is 11.7 Å². The molecule has 2 atom stereocenters. The van der Waals surface area contributed by atoms with Gasteiger partial charge in [-0.05, 0) is 88.6 Å². The Morgan fingerprint density at radius 1 is 1.07 bits per heavy atom. The molecule has 0 unspecified atom stereocenters. The Hall–Kier alpha value is -2.35. The third kappa shape index (κ3) is 6.23. The normalized spacial score (nSPS) is 26.0. The quantitative estimate of drug-likeness (QED) is 0.380. The molecule has 6 nitrogen and oxygen atoms in total. The Morgan fingerprint density at radius 3 is 2.56 bits per heavy atom. The number of aliphatic imine (C=N–C) groups is 1. The van der Waals surface area contributed by atoms with Crippen molar-refractivity contribution in [1.82, 2.24) is 10.2 Å². The van der Waals surface area contributed by atoms with E-state index in [1.165, 1.54) is 48.2 Å². The molecule has 2 fully saturated rings. The van der Waals surface area contributed by atoms with Crippen molar-refractivity contribution in [3.63, 3.8) is 0 Å². The number of nitrogens with zero attached hydrogens (tertiary/aromatic N) is 3. The van der Waals surface area contributed by atoms with Crippen LogP contribution in [0.15, 0.2) is 47.5 Å². The van der Waals surface area contributed by atoms with E-state index in [1.807, 2.05) is 6.07 Å². The summed E-state index contributed by atoms with van der Waals surface area (Å²) in [6.07, 6.45) is 9.62. The summed E-state index contributed by atoms with van der Waals surface area (Å²) in [5.41, 5.74) is 4.12. The molecule has 2 N–H and O–H groups in total. The van der Waals surface area contributed by atoms with Gasteiger partial charge in [0.1, 0.15) is 17.2 Å². The maximum Gasteiger partial charge on any atom is 0.350 e. The number of urea groups is 1. The van der Waals surface area contributed by atoms with E-state index in [4.69, 9.17) is 0 Å². The zero-order valence-corrected chi connectivity index (χ0v) is 26.1. The summed E-state index contributed by atoms with van der Waals surface area (Å²) in [5.74, 6) is 0.453. The largest absolute Gasteiger partial charge is 0.380 e. The smallest absolute Gasteiger partial charge is 0.350 e. The van der Waals surface area contributed by atoms with Gasteiger partial charge in [0.15, 0.2) is 0 Å². The summed E-state index contributed by atoms with van der Waals surface area (Å²) < 4.78 is 14.3. The van der Waals surface area contributed by atoms with Crippen molar-refractivity contribution >= 4 is 48.1 Å². The first-order chi connectivity index (χ1) is 18.7. The number of hydrogen-bond donors (Lipinski definition) is 2. The molecule has 224 valence electrons. The third-order valence-electron chi connectivity index (χ3n) is 9.44. The highest BCUT2D eigenvalue weighted by Gasteiger charge is 2.54. The second-order valence-corrected chi connectivity index (χ2v) is 12.8. The number of nitrogens with one attached hydrogen (secondary N) is 2. The van der Waals surface area contributed by atoms with Gasteiger partial charge in [-0.25, -0.2) is 9.18 Å². The summed E-state index contributed by atoms with van der Waals surface area (Å²) in [6, 6.07) is 13.4. The first-order valence-corrected chi connectivity index (χ1v) is 14.8. The number of amides is 2. The van der Waals surface area contributed by atoms with Gasteiger partial charge in [0.05, 0.1) is 0 Å². The number of carbonyl (C=O) groups is 1. The van der Waals surface area contributed by atoms with E-state index in [2.05, 4.69) is 59.5 Å². The maximum absolute atomic E-state index is 14.3. The van der Waals surface area contributed by atoms with Crippen molar-refractivity contribution < 1.29 is 9.18 Å². The fraction of sp³-hybridized carbons (Fsp3) is 0.562. The molecular formula is C32H44Cl2FN5O. The van der Waals surface area contributed by atoms with Crippen molar-refractivity contribution in [2.75, 3.05) is 16.8 Å². The maximum atomic E-state index is 14.3. The Bertz CT molecular complexity index is 1280. The lowest BCUT2D eigenvalue weighted by Crippen LogP contribution is -2.63. The van der Waals surface area contributed by atoms with Crippen molar-refractivity contribution in [3.8, 4) is 0 Å². The zero-order valence-electron chi connectivity index (χ0n) is 24.4. The number of halogens is 3. The minimum absolute atomic E-state index is 0. The number of fused-ring (bicyclic) bond motifs is 1. The number of para-hydroxylation sites is 1. The number of benzene rings is 2. The highest BCUT2D eigenvalue weighted by Crippen LogP contribution is 2.42. The molecule has 1 aliphatic carbocycles. The number of anilines is 2. The van der Waals surface area contributed by atoms with Crippen molar-refractivity contribution in [2.24, 2.45) is 4.99 Å². The van der Waals surface area contributed by atoms with E-state index in [9.17, 15) is 9.18 Å². The van der Waals surface area contributed by atoms with Crippen LogP contribution in [-0.4, -0.2) is 46.5 Å². The number of aryl methyl sites for hydroxylation is 1. The predicted molar refractivity (Wildman–Crippen MR) is 171 cm³/mol. The summed E-state index contributed by atoms with van der Waals surface area (Å²) in [5, 5.41) is 7.53. The molecule has 1 spiro atoms. The molecule has 3 aliphatic heterocycles. The second kappa shape index (κ2) is 12.5. The predicted octanol–water partition coefficient (Wildman–Crippen LogP) is 7.49. The molecule has 41 heavy (non-hydrogen) atoms. The molecular weight excluding hydrogens is 560 g/mol. The summed E-state index contributed by atoms with van der Waals surface area (Å²) >= 11 is 0. The molecule has 0 aromatic heterocycles. The van der Waals surface area contributed by atoms with Crippen LogP contribution in [0, 0.1) is 5.82 Å². The van der Waals surface area contributed by atoms with Gasteiger partial charge in [-0.3, -0.25) is 9.80 Å². The lowest BCUT2D eigenvalue weighted by atomic mass is 9.80. The highest BCUT2D eigenvalue weighted by molar-refractivity contribution is 6.16. The summed E-state index contributed by atoms with van der Waals surface area (Å²) in [6.45, 7) is 8.51. The van der Waals surface area contributed by atoms with E-state index >= 15 is 0 Å². The molecule has 3 heterocycles. The standard InChI is InChI=1S/C32H42FN5O.2ClH/c1-22-20-32(17-18-37(22)21-24-10-7-9-23-15-16-31(2,3)36-28(23)24)29(34-26-12-5-4-6-13-26)35-30(39)38(32)27-14-8-11-25(33)19-27;;/h7-11,14,19,22,26,36H,4-6,12-13,15-18,20-21H2,1-3H3,(H,34,35,39);2*1H/t22-,32+;;/m0../s1. The fourth-order valence-corrected chi connectivity index (χ4v) is 7.26. The number of hydrogen-bond acceptors (Lipinski definition) is 4. The van der Waals surface area contributed by atoms with E-state index < -0.39 is 5.54 Å². The minimum atomic E-state index is -0.589. The van der Waals surface area contributed by atoms with Gasteiger partial charge in [0.25, 0.3) is 0 Å². The Kier molecular flexibility index (Phi) is 9.62.